The lowest BCUT2D eigenvalue weighted by molar-refractivity contribution is -0.119. The van der Waals surface area contributed by atoms with Gasteiger partial charge in [-0.1, -0.05) is 19.0 Å². The molecule has 1 aromatic heterocycles. The molecule has 7 nitrogen and oxygen atoms in total. The maximum Gasteiger partial charge on any atom is 0.408 e. The number of hydrogen-bond donors (Lipinski definition) is 2. The van der Waals surface area contributed by atoms with Crippen molar-refractivity contribution in [2.45, 2.75) is 53.2 Å². The quantitative estimate of drug-likeness (QED) is 0.890. The smallest absolute Gasteiger partial charge is 0.408 e. The van der Waals surface area contributed by atoms with Gasteiger partial charge in [-0.15, -0.1) is 0 Å². The Kier molecular flexibility index (Phi) is 5.34. The second-order valence-electron chi connectivity index (χ2n) is 6.18. The van der Waals surface area contributed by atoms with Gasteiger partial charge in [0.2, 0.25) is 5.91 Å². The summed E-state index contributed by atoms with van der Waals surface area (Å²) in [5.41, 5.74) is -0.620. The Morgan fingerprint density at radius 2 is 1.95 bits per heavy atom. The van der Waals surface area contributed by atoms with Crippen LogP contribution < -0.4 is 10.6 Å². The number of nitrogens with one attached hydrogen (secondary N) is 2. The van der Waals surface area contributed by atoms with Crippen molar-refractivity contribution in [1.29, 1.82) is 0 Å². The molecule has 0 fully saturated rings. The fraction of sp³-hybridized carbons (Fsp3) is 0.643. The fourth-order valence-corrected chi connectivity index (χ4v) is 1.60. The van der Waals surface area contributed by atoms with Crippen LogP contribution in [0, 0.1) is 12.8 Å². The number of carbonyl (C=O) groups is 2. The minimum atomic E-state index is -0.725. The van der Waals surface area contributed by atoms with Crippen molar-refractivity contribution < 1.29 is 18.8 Å². The molecule has 118 valence electrons. The first-order chi connectivity index (χ1) is 9.58. The van der Waals surface area contributed by atoms with Crippen LogP contribution in [0.25, 0.3) is 0 Å². The molecule has 2 amide bonds. The van der Waals surface area contributed by atoms with Gasteiger partial charge in [0.25, 0.3) is 0 Å². The van der Waals surface area contributed by atoms with Crippen LogP contribution in [-0.4, -0.2) is 28.8 Å². The average Bonchev–Trinajstić information content (AvgIpc) is 2.68. The topological polar surface area (TPSA) is 93.5 Å². The van der Waals surface area contributed by atoms with Gasteiger partial charge < -0.3 is 19.9 Å². The van der Waals surface area contributed by atoms with Crippen LogP contribution >= 0.6 is 0 Å². The summed E-state index contributed by atoms with van der Waals surface area (Å²) >= 11 is 0. The molecule has 0 aliphatic carbocycles. The second kappa shape index (κ2) is 6.60. The first kappa shape index (κ1) is 17.0. The molecule has 21 heavy (non-hydrogen) atoms. The summed E-state index contributed by atoms with van der Waals surface area (Å²) in [6.45, 7) is 10.7. The van der Waals surface area contributed by atoms with E-state index in [1.165, 1.54) is 0 Å². The molecule has 1 heterocycles. The van der Waals surface area contributed by atoms with Crippen molar-refractivity contribution in [2.75, 3.05) is 5.32 Å². The number of carbonyl (C=O) groups excluding carboxylic acids is 2. The highest BCUT2D eigenvalue weighted by Gasteiger charge is 2.27. The zero-order chi connectivity index (χ0) is 16.2. The minimum Gasteiger partial charge on any atom is -0.444 e. The third-order valence-electron chi connectivity index (χ3n) is 2.50. The summed E-state index contributed by atoms with van der Waals surface area (Å²) < 4.78 is 10.0. The lowest BCUT2D eigenvalue weighted by Crippen LogP contribution is -2.48. The Balaban J connectivity index is 2.68. The molecular formula is C14H23N3O4. The number of rotatable bonds is 4. The van der Waals surface area contributed by atoms with Gasteiger partial charge in [0.1, 0.15) is 17.4 Å². The Morgan fingerprint density at radius 1 is 1.33 bits per heavy atom. The third kappa shape index (κ3) is 5.85. The maximum absolute atomic E-state index is 12.2. The molecule has 0 aromatic carbocycles. The highest BCUT2D eigenvalue weighted by molar-refractivity contribution is 5.96. The highest BCUT2D eigenvalue weighted by atomic mass is 16.6. The SMILES string of the molecule is Cc1cc(NC(=O)[C@@H](NC(=O)OC(C)(C)C)C(C)C)no1. The number of alkyl carbamates (subject to hydrolysis) is 1. The molecule has 7 heteroatoms. The largest absolute Gasteiger partial charge is 0.444 e. The number of anilines is 1. The molecule has 1 atom stereocenters. The molecule has 0 radical (unpaired) electrons. The zero-order valence-electron chi connectivity index (χ0n) is 13.3. The Morgan fingerprint density at radius 3 is 2.38 bits per heavy atom. The monoisotopic (exact) mass is 297 g/mol. The molecule has 2 N–H and O–H groups in total. The summed E-state index contributed by atoms with van der Waals surface area (Å²) in [6.07, 6.45) is -0.632. The Bertz CT molecular complexity index is 503. The van der Waals surface area contributed by atoms with Crippen molar-refractivity contribution in [1.82, 2.24) is 10.5 Å². The predicted octanol–water partition coefficient (Wildman–Crippen LogP) is 2.47. The molecule has 1 rings (SSSR count). The predicted molar refractivity (Wildman–Crippen MR) is 77.9 cm³/mol. The summed E-state index contributed by atoms with van der Waals surface area (Å²) in [6, 6.07) is 0.875. The highest BCUT2D eigenvalue weighted by Crippen LogP contribution is 2.12. The van der Waals surface area contributed by atoms with Crippen LogP contribution in [0.1, 0.15) is 40.4 Å². The lowest BCUT2D eigenvalue weighted by atomic mass is 10.0. The first-order valence-corrected chi connectivity index (χ1v) is 6.82. The van der Waals surface area contributed by atoms with E-state index in [1.54, 1.807) is 33.8 Å². The molecule has 0 spiro atoms. The van der Waals surface area contributed by atoms with Gasteiger partial charge in [-0.2, -0.15) is 0 Å². The molecule has 0 aliphatic heterocycles. The van der Waals surface area contributed by atoms with Gasteiger partial charge in [0.05, 0.1) is 0 Å². The van der Waals surface area contributed by atoms with E-state index < -0.39 is 17.7 Å². The van der Waals surface area contributed by atoms with E-state index in [2.05, 4.69) is 15.8 Å². The van der Waals surface area contributed by atoms with Gasteiger partial charge in [0, 0.05) is 6.07 Å². The summed E-state index contributed by atoms with van der Waals surface area (Å²) in [4.78, 5) is 24.0. The van der Waals surface area contributed by atoms with Gasteiger partial charge in [-0.05, 0) is 33.6 Å². The van der Waals surface area contributed by atoms with E-state index in [4.69, 9.17) is 9.26 Å². The summed E-state index contributed by atoms with van der Waals surface area (Å²) in [7, 11) is 0. The standard InChI is InChI=1S/C14H23N3O4/c1-8(2)11(16-13(19)20-14(4,5)6)12(18)15-10-7-9(3)21-17-10/h7-8,11H,1-6H3,(H,16,19)(H,15,17,18)/t11-/m0/s1. The molecule has 0 saturated heterocycles. The van der Waals surface area contributed by atoms with E-state index in [0.717, 1.165) is 0 Å². The minimum absolute atomic E-state index is 0.106. The normalized spacial score (nSPS) is 12.9. The van der Waals surface area contributed by atoms with Crippen molar-refractivity contribution >= 4 is 17.8 Å². The van der Waals surface area contributed by atoms with Crippen molar-refractivity contribution in [3.8, 4) is 0 Å². The fourth-order valence-electron chi connectivity index (χ4n) is 1.60. The Labute approximate surface area is 124 Å². The van der Waals surface area contributed by atoms with Gasteiger partial charge >= 0.3 is 6.09 Å². The summed E-state index contributed by atoms with van der Waals surface area (Å²) in [5, 5.41) is 8.85. The van der Waals surface area contributed by atoms with E-state index in [0.29, 0.717) is 11.6 Å². The zero-order valence-corrected chi connectivity index (χ0v) is 13.3. The van der Waals surface area contributed by atoms with Gasteiger partial charge in [-0.3, -0.25) is 4.79 Å². The number of aromatic nitrogens is 1. The van der Waals surface area contributed by atoms with Crippen LogP contribution in [0.2, 0.25) is 0 Å². The lowest BCUT2D eigenvalue weighted by Gasteiger charge is -2.24. The third-order valence-corrected chi connectivity index (χ3v) is 2.50. The molecule has 0 aliphatic rings. The van der Waals surface area contributed by atoms with Crippen LogP contribution in [-0.2, 0) is 9.53 Å². The van der Waals surface area contributed by atoms with Gasteiger partial charge in [-0.25, -0.2) is 4.79 Å². The number of amides is 2. The number of ether oxygens (including phenoxy) is 1. The first-order valence-electron chi connectivity index (χ1n) is 6.82. The van der Waals surface area contributed by atoms with E-state index in [-0.39, 0.29) is 11.8 Å². The summed E-state index contributed by atoms with van der Waals surface area (Å²) in [5.74, 6) is 0.426. The van der Waals surface area contributed by atoms with E-state index >= 15 is 0 Å². The molecular weight excluding hydrogens is 274 g/mol. The van der Waals surface area contributed by atoms with Crippen molar-refractivity contribution in [2.24, 2.45) is 5.92 Å². The number of nitrogens with zero attached hydrogens (tertiary/aromatic N) is 1. The van der Waals surface area contributed by atoms with Crippen molar-refractivity contribution in [3.63, 3.8) is 0 Å². The van der Waals surface area contributed by atoms with E-state index in [9.17, 15) is 9.59 Å². The Hall–Kier alpha value is -2.05. The second-order valence-corrected chi connectivity index (χ2v) is 6.18. The maximum atomic E-state index is 12.2. The van der Waals surface area contributed by atoms with Crippen LogP contribution in [0.5, 0.6) is 0 Å². The average molecular weight is 297 g/mol. The van der Waals surface area contributed by atoms with Crippen molar-refractivity contribution in [3.05, 3.63) is 11.8 Å². The molecule has 0 bridgehead atoms. The molecule has 1 aromatic rings. The molecule has 0 unspecified atom stereocenters. The van der Waals surface area contributed by atoms with Crippen LogP contribution in [0.4, 0.5) is 10.6 Å². The number of hydrogen-bond acceptors (Lipinski definition) is 5. The van der Waals surface area contributed by atoms with Crippen LogP contribution in [0.3, 0.4) is 0 Å². The van der Waals surface area contributed by atoms with Gasteiger partial charge in [0.15, 0.2) is 5.82 Å². The van der Waals surface area contributed by atoms with Crippen LogP contribution in [0.15, 0.2) is 10.6 Å². The number of aryl methyl sites for hydroxylation is 1. The van der Waals surface area contributed by atoms with E-state index in [1.807, 2.05) is 13.8 Å². The molecule has 0 saturated carbocycles.